The van der Waals surface area contributed by atoms with Crippen LogP contribution in [0.2, 0.25) is 0 Å². The van der Waals surface area contributed by atoms with Crippen LogP contribution in [0.4, 0.5) is 11.8 Å². The Morgan fingerprint density at radius 1 is 1.11 bits per heavy atom. The molecule has 188 valence electrons. The topological polar surface area (TPSA) is 133 Å². The first-order valence-electron chi connectivity index (χ1n) is 11.8. The minimum absolute atomic E-state index is 0.0982. The monoisotopic (exact) mass is 507 g/mol. The van der Waals surface area contributed by atoms with Gasteiger partial charge < -0.3 is 30.7 Å². The molecular weight excluding hydrogens is 478 g/mol. The molecule has 1 fully saturated rings. The molecule has 2 aromatic carbocycles. The first kappa shape index (κ1) is 24.4. The average Bonchev–Trinajstić information content (AvgIpc) is 3.45. The van der Waals surface area contributed by atoms with Crippen molar-refractivity contribution in [2.24, 2.45) is 5.92 Å². The van der Waals surface area contributed by atoms with E-state index in [1.54, 1.807) is 13.3 Å². The summed E-state index contributed by atoms with van der Waals surface area (Å²) in [7, 11) is 1.63. The molecule has 0 saturated heterocycles. The Balaban J connectivity index is 1.48. The van der Waals surface area contributed by atoms with Crippen LogP contribution in [-0.2, 0) is 0 Å². The number of aliphatic hydroxyl groups excluding tert-OH is 3. The van der Waals surface area contributed by atoms with E-state index in [-0.39, 0.29) is 12.6 Å². The number of nitrogens with one attached hydrogen (secondary N) is 2. The highest BCUT2D eigenvalue weighted by molar-refractivity contribution is 7.21. The van der Waals surface area contributed by atoms with Crippen molar-refractivity contribution in [1.82, 2.24) is 15.0 Å². The molecule has 2 aromatic heterocycles. The lowest BCUT2D eigenvalue weighted by atomic mass is 10.1. The summed E-state index contributed by atoms with van der Waals surface area (Å²) in [6.45, 7) is 1.81. The third-order valence-electron chi connectivity index (χ3n) is 6.61. The zero-order chi connectivity index (χ0) is 25.2. The normalized spacial score (nSPS) is 22.5. The van der Waals surface area contributed by atoms with Crippen molar-refractivity contribution in [3.63, 3.8) is 0 Å². The molecule has 4 aromatic rings. The molecule has 0 spiro atoms. The summed E-state index contributed by atoms with van der Waals surface area (Å²) in [5, 5.41) is 37.9. The first-order chi connectivity index (χ1) is 17.5. The maximum atomic E-state index is 10.6. The minimum atomic E-state index is -1.03. The van der Waals surface area contributed by atoms with Crippen LogP contribution in [0.3, 0.4) is 0 Å². The number of aliphatic hydroxyl groups is 3. The molecule has 10 heteroatoms. The molecular formula is C26H29N5O4S. The van der Waals surface area contributed by atoms with Crippen molar-refractivity contribution in [2.75, 3.05) is 24.4 Å². The van der Waals surface area contributed by atoms with E-state index in [4.69, 9.17) is 14.7 Å². The van der Waals surface area contributed by atoms with Gasteiger partial charge in [-0.2, -0.15) is 4.98 Å². The average molecular weight is 508 g/mol. The van der Waals surface area contributed by atoms with Crippen molar-refractivity contribution in [2.45, 2.75) is 37.6 Å². The van der Waals surface area contributed by atoms with Gasteiger partial charge in [0.1, 0.15) is 22.7 Å². The van der Waals surface area contributed by atoms with Gasteiger partial charge in [0.05, 0.1) is 41.1 Å². The van der Waals surface area contributed by atoms with Gasteiger partial charge >= 0.3 is 0 Å². The molecule has 9 nitrogen and oxygen atoms in total. The van der Waals surface area contributed by atoms with Gasteiger partial charge in [-0.05, 0) is 43.2 Å². The third kappa shape index (κ3) is 4.85. The number of benzene rings is 2. The van der Waals surface area contributed by atoms with E-state index in [2.05, 4.69) is 15.6 Å². The number of rotatable bonds is 8. The maximum absolute atomic E-state index is 10.6. The van der Waals surface area contributed by atoms with Crippen LogP contribution >= 0.6 is 11.3 Å². The van der Waals surface area contributed by atoms with Gasteiger partial charge in [-0.25, -0.2) is 9.97 Å². The second-order valence-corrected chi connectivity index (χ2v) is 10.0. The number of hydrogen-bond acceptors (Lipinski definition) is 10. The molecule has 5 rings (SSSR count). The number of para-hydroxylation sites is 1. The number of thiazole rings is 1. The number of hydrogen-bond donors (Lipinski definition) is 5. The highest BCUT2D eigenvalue weighted by Crippen LogP contribution is 2.36. The molecule has 1 saturated carbocycles. The van der Waals surface area contributed by atoms with Crippen molar-refractivity contribution >= 4 is 33.3 Å². The quantitative estimate of drug-likeness (QED) is 0.243. The van der Waals surface area contributed by atoms with Crippen LogP contribution in [0.25, 0.3) is 20.8 Å². The van der Waals surface area contributed by atoms with Gasteiger partial charge in [0, 0.05) is 18.7 Å². The van der Waals surface area contributed by atoms with Crippen molar-refractivity contribution in [3.05, 3.63) is 60.3 Å². The van der Waals surface area contributed by atoms with Gasteiger partial charge in [-0.15, -0.1) is 11.3 Å². The van der Waals surface area contributed by atoms with E-state index in [1.807, 2.05) is 55.5 Å². The summed E-state index contributed by atoms with van der Waals surface area (Å²) in [5.41, 5.74) is 2.60. The number of nitrogens with zero attached hydrogens (tertiary/aromatic N) is 3. The molecule has 1 unspecified atom stereocenters. The first-order valence-corrected chi connectivity index (χ1v) is 12.7. The number of fused-ring (bicyclic) bond motifs is 1. The van der Waals surface area contributed by atoms with Crippen LogP contribution in [0.15, 0.2) is 54.7 Å². The number of methoxy groups -OCH3 is 1. The third-order valence-corrected chi connectivity index (χ3v) is 7.68. The number of aromatic nitrogens is 3. The fourth-order valence-corrected chi connectivity index (χ4v) is 5.49. The maximum Gasteiger partial charge on any atom is 0.225 e. The Kier molecular flexibility index (Phi) is 7.01. The molecule has 0 aliphatic heterocycles. The lowest BCUT2D eigenvalue weighted by Gasteiger charge is -2.21. The van der Waals surface area contributed by atoms with Gasteiger partial charge in [-0.1, -0.05) is 24.3 Å². The highest BCUT2D eigenvalue weighted by Gasteiger charge is 2.41. The van der Waals surface area contributed by atoms with Crippen molar-refractivity contribution in [3.8, 4) is 16.3 Å². The Labute approximate surface area is 212 Å². The van der Waals surface area contributed by atoms with Gasteiger partial charge in [-0.3, -0.25) is 0 Å². The molecule has 1 aliphatic rings. The van der Waals surface area contributed by atoms with Crippen LogP contribution in [0.1, 0.15) is 24.9 Å². The fourth-order valence-electron chi connectivity index (χ4n) is 4.52. The zero-order valence-corrected chi connectivity index (χ0v) is 20.8. The summed E-state index contributed by atoms with van der Waals surface area (Å²) in [4.78, 5) is 14.1. The second-order valence-electron chi connectivity index (χ2n) is 9.00. The van der Waals surface area contributed by atoms with Crippen molar-refractivity contribution in [1.29, 1.82) is 0 Å². The Morgan fingerprint density at radius 3 is 2.69 bits per heavy atom. The van der Waals surface area contributed by atoms with Crippen LogP contribution in [0.5, 0.6) is 5.75 Å². The van der Waals surface area contributed by atoms with Gasteiger partial charge in [0.25, 0.3) is 0 Å². The Hall–Kier alpha value is -3.31. The SMILES string of the molecule is COc1cccc(C(C)Nc2ncc(-c3nc4ccccc4s3)c(N[C@@H]3C[C@H](CO)[C@@H](O)[C@H]3O)n2)c1. The van der Waals surface area contributed by atoms with Crippen LogP contribution in [-0.4, -0.2) is 62.2 Å². The van der Waals surface area contributed by atoms with Gasteiger partial charge in [0.15, 0.2) is 0 Å². The Morgan fingerprint density at radius 2 is 1.94 bits per heavy atom. The smallest absolute Gasteiger partial charge is 0.225 e. The van der Waals surface area contributed by atoms with E-state index < -0.39 is 24.2 Å². The standard InChI is InChI=1S/C26H29N5O4S/c1-14(15-6-5-7-17(10-15)35-2)28-26-27-12-18(25-30-19-8-3-4-9-21(19)36-25)24(31-26)29-20-11-16(13-32)22(33)23(20)34/h3-10,12,14,16,20,22-23,32-34H,11,13H2,1-2H3,(H2,27,28,29,31)/t14?,16-,20-,22-,23+/m1/s1. The summed E-state index contributed by atoms with van der Waals surface area (Å²) in [6, 6.07) is 15.1. The van der Waals surface area contributed by atoms with E-state index in [9.17, 15) is 15.3 Å². The van der Waals surface area contributed by atoms with E-state index in [0.29, 0.717) is 23.8 Å². The predicted octanol–water partition coefficient (Wildman–Crippen LogP) is 3.45. The van der Waals surface area contributed by atoms with Crippen LogP contribution < -0.4 is 15.4 Å². The minimum Gasteiger partial charge on any atom is -0.497 e. The second kappa shape index (κ2) is 10.4. The highest BCUT2D eigenvalue weighted by atomic mass is 32.1. The van der Waals surface area contributed by atoms with Gasteiger partial charge in [0.2, 0.25) is 5.95 Å². The molecule has 1 aliphatic carbocycles. The molecule has 0 bridgehead atoms. The molecule has 5 atom stereocenters. The van der Waals surface area contributed by atoms with E-state index in [0.717, 1.165) is 26.5 Å². The zero-order valence-electron chi connectivity index (χ0n) is 20.0. The largest absolute Gasteiger partial charge is 0.497 e. The summed E-state index contributed by atoms with van der Waals surface area (Å²) in [5.74, 6) is 1.27. The summed E-state index contributed by atoms with van der Waals surface area (Å²) in [6.07, 6.45) is 0.0819. The summed E-state index contributed by atoms with van der Waals surface area (Å²) >= 11 is 1.53. The molecule has 36 heavy (non-hydrogen) atoms. The molecule has 0 amide bonds. The summed E-state index contributed by atoms with van der Waals surface area (Å²) < 4.78 is 6.38. The van der Waals surface area contributed by atoms with Crippen molar-refractivity contribution < 1.29 is 20.1 Å². The number of anilines is 2. The number of ether oxygens (including phenoxy) is 1. The Bertz CT molecular complexity index is 1320. The molecule has 0 radical (unpaired) electrons. The van der Waals surface area contributed by atoms with E-state index in [1.165, 1.54) is 11.3 Å². The lowest BCUT2D eigenvalue weighted by molar-refractivity contribution is 0.00446. The fraction of sp³-hybridized carbons (Fsp3) is 0.346. The predicted molar refractivity (Wildman–Crippen MR) is 140 cm³/mol. The molecule has 5 N–H and O–H groups in total. The van der Waals surface area contributed by atoms with E-state index >= 15 is 0 Å². The lowest BCUT2D eigenvalue weighted by Crippen LogP contribution is -2.35. The molecule has 2 heterocycles. The van der Waals surface area contributed by atoms with Crippen LogP contribution in [0, 0.1) is 5.92 Å².